The van der Waals surface area contributed by atoms with E-state index in [0.29, 0.717) is 10.6 Å². The van der Waals surface area contributed by atoms with Crippen molar-refractivity contribution in [2.45, 2.75) is 42.9 Å². The fourth-order valence-electron chi connectivity index (χ4n) is 2.17. The molecule has 0 radical (unpaired) electrons. The molecule has 4 nitrogen and oxygen atoms in total. The molecule has 0 unspecified atom stereocenters. The number of nitriles is 1. The Kier molecular flexibility index (Phi) is 4.43. The van der Waals surface area contributed by atoms with Crippen LogP contribution in [0.1, 0.15) is 36.6 Å². The average molecular weight is 276 g/mol. The highest BCUT2D eigenvalue weighted by atomic mass is 32.2. The quantitative estimate of drug-likeness (QED) is 0.627. The molecule has 100 valence electrons. The van der Waals surface area contributed by atoms with E-state index < -0.39 is 0 Å². The Balaban J connectivity index is 2.29. The van der Waals surface area contributed by atoms with Gasteiger partial charge in [-0.2, -0.15) is 5.26 Å². The van der Waals surface area contributed by atoms with Crippen LogP contribution >= 0.6 is 11.8 Å². The number of methoxy groups -OCH3 is 1. The second-order valence-corrected chi connectivity index (χ2v) is 5.88. The van der Waals surface area contributed by atoms with E-state index in [1.165, 1.54) is 24.4 Å². The molecule has 0 aliphatic heterocycles. The van der Waals surface area contributed by atoms with Crippen LogP contribution in [-0.4, -0.2) is 23.3 Å². The minimum Gasteiger partial charge on any atom is -0.468 e. The topological polar surface area (TPSA) is 63.0 Å². The van der Waals surface area contributed by atoms with E-state index >= 15 is 0 Å². The molecule has 0 saturated carbocycles. The lowest BCUT2D eigenvalue weighted by Gasteiger charge is -2.17. The van der Waals surface area contributed by atoms with E-state index in [4.69, 9.17) is 4.74 Å². The molecule has 0 amide bonds. The molecular weight excluding hydrogens is 260 g/mol. The third-order valence-electron chi connectivity index (χ3n) is 3.21. The van der Waals surface area contributed by atoms with Crippen molar-refractivity contribution >= 4 is 17.7 Å². The van der Waals surface area contributed by atoms with Crippen LogP contribution in [0.3, 0.4) is 0 Å². The largest absolute Gasteiger partial charge is 0.468 e. The number of aromatic nitrogens is 1. The van der Waals surface area contributed by atoms with Crippen LogP contribution in [0, 0.1) is 11.3 Å². The van der Waals surface area contributed by atoms with Crippen LogP contribution in [0.25, 0.3) is 0 Å². The number of nitrogens with zero attached hydrogens (tertiary/aromatic N) is 2. The van der Waals surface area contributed by atoms with Gasteiger partial charge in [0.05, 0.1) is 12.7 Å². The van der Waals surface area contributed by atoms with Crippen LogP contribution in [-0.2, 0) is 22.4 Å². The first-order valence-electron chi connectivity index (χ1n) is 6.33. The first-order valence-corrected chi connectivity index (χ1v) is 7.21. The average Bonchev–Trinajstić information content (AvgIpc) is 2.45. The van der Waals surface area contributed by atoms with Crippen molar-refractivity contribution in [1.29, 1.82) is 5.26 Å². The van der Waals surface area contributed by atoms with E-state index in [0.717, 1.165) is 31.4 Å². The van der Waals surface area contributed by atoms with Crippen molar-refractivity contribution < 1.29 is 9.53 Å². The third-order valence-corrected chi connectivity index (χ3v) is 4.29. The summed E-state index contributed by atoms with van der Waals surface area (Å²) in [7, 11) is 1.37. The number of rotatable bonds is 3. The summed E-state index contributed by atoms with van der Waals surface area (Å²) in [5.74, 6) is -0.298. The summed E-state index contributed by atoms with van der Waals surface area (Å²) in [4.78, 5) is 16.0. The summed E-state index contributed by atoms with van der Waals surface area (Å²) in [6.07, 6.45) is 4.25. The molecular formula is C14H16N2O2S. The van der Waals surface area contributed by atoms with E-state index in [2.05, 4.69) is 11.1 Å². The molecule has 1 heterocycles. The van der Waals surface area contributed by atoms with E-state index in [1.807, 2.05) is 6.07 Å². The minimum absolute atomic E-state index is 0.298. The normalized spacial score (nSPS) is 15.2. The number of hydrogen-bond donors (Lipinski definition) is 0. The lowest BCUT2D eigenvalue weighted by molar-refractivity contribution is -0.139. The van der Waals surface area contributed by atoms with Gasteiger partial charge in [-0.15, -0.1) is 0 Å². The van der Waals surface area contributed by atoms with Crippen molar-refractivity contribution in [2.75, 3.05) is 7.11 Å². The SMILES string of the molecule is COC(=O)[C@@H](C)Sc1nc2c(cc1C#N)CCCC2. The first kappa shape index (κ1) is 13.9. The van der Waals surface area contributed by atoms with Gasteiger partial charge in [0.1, 0.15) is 16.3 Å². The van der Waals surface area contributed by atoms with E-state index in [-0.39, 0.29) is 11.2 Å². The maximum absolute atomic E-state index is 11.5. The van der Waals surface area contributed by atoms with Gasteiger partial charge in [-0.1, -0.05) is 11.8 Å². The third kappa shape index (κ3) is 3.07. The number of carbonyl (C=O) groups excluding carboxylic acids is 1. The maximum Gasteiger partial charge on any atom is 0.318 e. The molecule has 1 atom stereocenters. The minimum atomic E-state index is -0.355. The highest BCUT2D eigenvalue weighted by molar-refractivity contribution is 8.00. The number of aryl methyl sites for hydroxylation is 2. The zero-order valence-electron chi connectivity index (χ0n) is 11.1. The first-order chi connectivity index (χ1) is 9.15. The summed E-state index contributed by atoms with van der Waals surface area (Å²) in [6, 6.07) is 4.10. The molecule has 1 aliphatic carbocycles. The van der Waals surface area contributed by atoms with Gasteiger partial charge in [-0.3, -0.25) is 4.79 Å². The molecule has 5 heteroatoms. The van der Waals surface area contributed by atoms with Gasteiger partial charge in [0, 0.05) is 5.69 Å². The standard InChI is InChI=1S/C14H16N2O2S/c1-9(14(17)18-2)19-13-11(8-15)7-10-5-3-4-6-12(10)16-13/h7,9H,3-6H2,1-2H3/t9-/m1/s1. The number of fused-ring (bicyclic) bond motifs is 1. The zero-order chi connectivity index (χ0) is 13.8. The van der Waals surface area contributed by atoms with Crippen molar-refractivity contribution in [3.63, 3.8) is 0 Å². The Bertz CT molecular complexity index is 537. The Hall–Kier alpha value is -1.54. The lowest BCUT2D eigenvalue weighted by atomic mass is 9.95. The van der Waals surface area contributed by atoms with E-state index in [9.17, 15) is 10.1 Å². The summed E-state index contributed by atoms with van der Waals surface area (Å²) >= 11 is 1.29. The molecule has 0 aromatic carbocycles. The highest BCUT2D eigenvalue weighted by Gasteiger charge is 2.20. The molecule has 1 aromatic rings. The summed E-state index contributed by atoms with van der Waals surface area (Å²) < 4.78 is 4.70. The van der Waals surface area contributed by atoms with Crippen LogP contribution < -0.4 is 0 Å². The molecule has 0 spiro atoms. The molecule has 0 saturated heterocycles. The Morgan fingerprint density at radius 2 is 2.26 bits per heavy atom. The second-order valence-electron chi connectivity index (χ2n) is 4.55. The molecule has 19 heavy (non-hydrogen) atoms. The van der Waals surface area contributed by atoms with Crippen molar-refractivity contribution in [3.8, 4) is 6.07 Å². The highest BCUT2D eigenvalue weighted by Crippen LogP contribution is 2.29. The Morgan fingerprint density at radius 3 is 2.95 bits per heavy atom. The second kappa shape index (κ2) is 6.07. The molecule has 2 rings (SSSR count). The van der Waals surface area contributed by atoms with Crippen LogP contribution in [0.15, 0.2) is 11.1 Å². The molecule has 0 fully saturated rings. The monoisotopic (exact) mass is 276 g/mol. The van der Waals surface area contributed by atoms with Crippen molar-refractivity contribution in [1.82, 2.24) is 4.98 Å². The zero-order valence-corrected chi connectivity index (χ0v) is 11.9. The fraction of sp³-hybridized carbons (Fsp3) is 0.500. The van der Waals surface area contributed by atoms with Crippen molar-refractivity contribution in [3.05, 3.63) is 22.9 Å². The molecule has 0 N–H and O–H groups in total. The number of pyridine rings is 1. The summed E-state index contributed by atoms with van der Waals surface area (Å²) in [5.41, 5.74) is 2.81. The molecule has 1 aliphatic rings. The smallest absolute Gasteiger partial charge is 0.318 e. The van der Waals surface area contributed by atoms with Gasteiger partial charge >= 0.3 is 5.97 Å². The Labute approximate surface area is 117 Å². The fourth-order valence-corrected chi connectivity index (χ4v) is 3.09. The maximum atomic E-state index is 11.5. The number of thioether (sulfide) groups is 1. The van der Waals surface area contributed by atoms with Gasteiger partial charge in [-0.25, -0.2) is 4.98 Å². The van der Waals surface area contributed by atoms with Gasteiger partial charge in [0.2, 0.25) is 0 Å². The molecule has 0 bridgehead atoms. The number of carbonyl (C=O) groups is 1. The van der Waals surface area contributed by atoms with Gasteiger partial charge in [0.15, 0.2) is 0 Å². The summed E-state index contributed by atoms with van der Waals surface area (Å²) in [6.45, 7) is 1.76. The van der Waals surface area contributed by atoms with Crippen LogP contribution in [0.2, 0.25) is 0 Å². The van der Waals surface area contributed by atoms with Gasteiger partial charge in [-0.05, 0) is 44.2 Å². The number of hydrogen-bond acceptors (Lipinski definition) is 5. The van der Waals surface area contributed by atoms with E-state index in [1.54, 1.807) is 6.92 Å². The lowest BCUT2D eigenvalue weighted by Crippen LogP contribution is -2.16. The van der Waals surface area contributed by atoms with Crippen LogP contribution in [0.4, 0.5) is 0 Å². The van der Waals surface area contributed by atoms with Gasteiger partial charge in [0.25, 0.3) is 0 Å². The number of esters is 1. The Morgan fingerprint density at radius 1 is 1.53 bits per heavy atom. The number of ether oxygens (including phenoxy) is 1. The molecule has 1 aromatic heterocycles. The van der Waals surface area contributed by atoms with Gasteiger partial charge < -0.3 is 4.74 Å². The van der Waals surface area contributed by atoms with Crippen LogP contribution in [0.5, 0.6) is 0 Å². The summed E-state index contributed by atoms with van der Waals surface area (Å²) in [5, 5.41) is 9.49. The predicted octanol–water partition coefficient (Wildman–Crippen LogP) is 2.49. The van der Waals surface area contributed by atoms with Crippen molar-refractivity contribution in [2.24, 2.45) is 0 Å². The predicted molar refractivity (Wildman–Crippen MR) is 72.9 cm³/mol.